The van der Waals surface area contributed by atoms with Crippen LogP contribution in [0.5, 0.6) is 0 Å². The summed E-state index contributed by atoms with van der Waals surface area (Å²) in [7, 11) is -1.64. The fourth-order valence-corrected chi connectivity index (χ4v) is 1.24. The van der Waals surface area contributed by atoms with E-state index in [1.807, 2.05) is 0 Å². The number of hydrogen-bond acceptors (Lipinski definition) is 5. The Morgan fingerprint density at radius 3 is 2.41 bits per heavy atom. The lowest BCUT2D eigenvalue weighted by Gasteiger charge is -2.20. The Bertz CT molecular complexity index is 426. The summed E-state index contributed by atoms with van der Waals surface area (Å²) < 4.78 is 5.16. The van der Waals surface area contributed by atoms with E-state index in [1.165, 1.54) is 18.2 Å². The van der Waals surface area contributed by atoms with Crippen molar-refractivity contribution in [1.82, 2.24) is 0 Å². The molecule has 0 bridgehead atoms. The zero-order valence-corrected chi connectivity index (χ0v) is 10.1. The van der Waals surface area contributed by atoms with Gasteiger partial charge in [-0.05, 0) is 38.4 Å². The van der Waals surface area contributed by atoms with Gasteiger partial charge in [-0.3, -0.25) is 0 Å². The molecule has 92 valence electrons. The molecule has 1 rings (SSSR count). The summed E-state index contributed by atoms with van der Waals surface area (Å²) in [5.74, 6) is -0.586. The predicted octanol–water partition coefficient (Wildman–Crippen LogP) is -0.0961. The van der Waals surface area contributed by atoms with Crippen molar-refractivity contribution in [2.45, 2.75) is 26.4 Å². The second kappa shape index (κ2) is 4.77. The van der Waals surface area contributed by atoms with Crippen LogP contribution in [0.4, 0.5) is 5.69 Å². The molecule has 0 aliphatic rings. The predicted molar refractivity (Wildman–Crippen MR) is 65.8 cm³/mol. The summed E-state index contributed by atoms with van der Waals surface area (Å²) in [5.41, 5.74) is 5.58. The standard InChI is InChI=1S/C11H16BNO4/c1-11(2,3)17-10(14)8-6-7(12(15)16)4-5-9(8)13/h4-6,15-16H,13H2,1-3H3. The minimum atomic E-state index is -1.64. The minimum Gasteiger partial charge on any atom is -0.456 e. The molecule has 0 unspecified atom stereocenters. The molecule has 0 saturated carbocycles. The Hall–Kier alpha value is -1.53. The van der Waals surface area contributed by atoms with Crippen molar-refractivity contribution >= 4 is 24.2 Å². The van der Waals surface area contributed by atoms with Gasteiger partial charge < -0.3 is 20.5 Å². The van der Waals surface area contributed by atoms with Gasteiger partial charge in [0, 0.05) is 5.69 Å². The van der Waals surface area contributed by atoms with Gasteiger partial charge in [-0.2, -0.15) is 0 Å². The van der Waals surface area contributed by atoms with Crippen molar-refractivity contribution in [2.24, 2.45) is 0 Å². The third-order valence-corrected chi connectivity index (χ3v) is 1.99. The monoisotopic (exact) mass is 237 g/mol. The molecule has 0 atom stereocenters. The topological polar surface area (TPSA) is 92.8 Å². The second-order valence-corrected chi connectivity index (χ2v) is 4.72. The number of anilines is 1. The lowest BCUT2D eigenvalue weighted by molar-refractivity contribution is 0.00709. The van der Waals surface area contributed by atoms with Crippen LogP contribution in [0.3, 0.4) is 0 Å². The molecular weight excluding hydrogens is 221 g/mol. The highest BCUT2D eigenvalue weighted by Crippen LogP contribution is 2.16. The van der Waals surface area contributed by atoms with Crippen molar-refractivity contribution in [3.05, 3.63) is 23.8 Å². The van der Waals surface area contributed by atoms with E-state index in [-0.39, 0.29) is 16.7 Å². The van der Waals surface area contributed by atoms with Crippen LogP contribution in [0.15, 0.2) is 18.2 Å². The fraction of sp³-hybridized carbons (Fsp3) is 0.364. The molecule has 1 aromatic rings. The van der Waals surface area contributed by atoms with Crippen LogP contribution in [0, 0.1) is 0 Å². The number of benzene rings is 1. The number of rotatable bonds is 2. The van der Waals surface area contributed by atoms with Gasteiger partial charge in [0.2, 0.25) is 0 Å². The van der Waals surface area contributed by atoms with Gasteiger partial charge in [0.1, 0.15) is 5.60 Å². The van der Waals surface area contributed by atoms with Crippen LogP contribution in [0.25, 0.3) is 0 Å². The number of nitrogen functional groups attached to an aromatic ring is 1. The van der Waals surface area contributed by atoms with E-state index >= 15 is 0 Å². The first-order chi connectivity index (χ1) is 7.70. The third-order valence-electron chi connectivity index (χ3n) is 1.99. The summed E-state index contributed by atoms with van der Waals surface area (Å²) in [6.45, 7) is 5.23. The third kappa shape index (κ3) is 3.76. The molecule has 17 heavy (non-hydrogen) atoms. The number of nitrogens with two attached hydrogens (primary N) is 1. The van der Waals surface area contributed by atoms with Gasteiger partial charge in [0.15, 0.2) is 0 Å². The first-order valence-corrected chi connectivity index (χ1v) is 5.19. The Balaban J connectivity index is 3.04. The Morgan fingerprint density at radius 1 is 1.35 bits per heavy atom. The summed E-state index contributed by atoms with van der Waals surface area (Å²) in [5, 5.41) is 18.0. The molecule has 0 fully saturated rings. The number of ether oxygens (including phenoxy) is 1. The molecule has 6 heteroatoms. The molecular formula is C11H16BNO4. The van der Waals surface area contributed by atoms with Gasteiger partial charge in [-0.25, -0.2) is 4.79 Å². The van der Waals surface area contributed by atoms with Crippen LogP contribution < -0.4 is 11.2 Å². The van der Waals surface area contributed by atoms with Crippen LogP contribution in [0.2, 0.25) is 0 Å². The average molecular weight is 237 g/mol. The van der Waals surface area contributed by atoms with Crippen molar-refractivity contribution in [3.8, 4) is 0 Å². The summed E-state index contributed by atoms with van der Waals surface area (Å²) in [6.07, 6.45) is 0. The first kappa shape index (κ1) is 13.5. The number of esters is 1. The quantitative estimate of drug-likeness (QED) is 0.379. The molecule has 1 aromatic carbocycles. The van der Waals surface area contributed by atoms with Gasteiger partial charge in [0.05, 0.1) is 5.56 Å². The Kier molecular flexibility index (Phi) is 3.80. The van der Waals surface area contributed by atoms with Crippen LogP contribution >= 0.6 is 0 Å². The van der Waals surface area contributed by atoms with Crippen molar-refractivity contribution in [3.63, 3.8) is 0 Å². The molecule has 0 radical (unpaired) electrons. The van der Waals surface area contributed by atoms with Gasteiger partial charge in [-0.15, -0.1) is 0 Å². The Morgan fingerprint density at radius 2 is 1.94 bits per heavy atom. The fourth-order valence-electron chi connectivity index (χ4n) is 1.24. The zero-order chi connectivity index (χ0) is 13.2. The molecule has 0 aliphatic carbocycles. The zero-order valence-electron chi connectivity index (χ0n) is 10.1. The van der Waals surface area contributed by atoms with E-state index in [1.54, 1.807) is 20.8 Å². The maximum absolute atomic E-state index is 11.8. The SMILES string of the molecule is CC(C)(C)OC(=O)c1cc(B(O)O)ccc1N. The summed E-state index contributed by atoms with van der Waals surface area (Å²) in [4.78, 5) is 11.8. The van der Waals surface area contributed by atoms with E-state index < -0.39 is 18.7 Å². The second-order valence-electron chi connectivity index (χ2n) is 4.72. The molecule has 5 nitrogen and oxygen atoms in total. The van der Waals surface area contributed by atoms with Crippen molar-refractivity contribution < 1.29 is 19.6 Å². The minimum absolute atomic E-state index is 0.130. The summed E-state index contributed by atoms with van der Waals surface area (Å²) in [6, 6.07) is 4.19. The molecule has 0 amide bonds. The van der Waals surface area contributed by atoms with Crippen LogP contribution in [-0.2, 0) is 4.74 Å². The van der Waals surface area contributed by atoms with Gasteiger partial charge in [0.25, 0.3) is 0 Å². The lowest BCUT2D eigenvalue weighted by Crippen LogP contribution is -2.31. The maximum atomic E-state index is 11.8. The summed E-state index contributed by atoms with van der Waals surface area (Å²) >= 11 is 0. The first-order valence-electron chi connectivity index (χ1n) is 5.19. The number of carbonyl (C=O) groups is 1. The Labute approximate surface area is 100 Å². The highest BCUT2D eigenvalue weighted by molar-refractivity contribution is 6.58. The van der Waals surface area contributed by atoms with Gasteiger partial charge >= 0.3 is 13.1 Å². The highest BCUT2D eigenvalue weighted by Gasteiger charge is 2.21. The van der Waals surface area contributed by atoms with Crippen molar-refractivity contribution in [1.29, 1.82) is 0 Å². The van der Waals surface area contributed by atoms with Gasteiger partial charge in [-0.1, -0.05) is 6.07 Å². The lowest BCUT2D eigenvalue weighted by atomic mass is 9.79. The molecule has 4 N–H and O–H groups in total. The average Bonchev–Trinajstić information content (AvgIpc) is 2.14. The molecule has 0 heterocycles. The van der Waals surface area contributed by atoms with E-state index in [9.17, 15) is 4.79 Å². The number of hydrogen-bond donors (Lipinski definition) is 3. The van der Waals surface area contributed by atoms with Crippen molar-refractivity contribution in [2.75, 3.05) is 5.73 Å². The smallest absolute Gasteiger partial charge is 0.456 e. The molecule has 0 aliphatic heterocycles. The normalized spacial score (nSPS) is 11.1. The van der Waals surface area contributed by atoms with E-state index in [2.05, 4.69) is 0 Å². The van der Waals surface area contributed by atoms with E-state index in [4.69, 9.17) is 20.5 Å². The highest BCUT2D eigenvalue weighted by atomic mass is 16.6. The van der Waals surface area contributed by atoms with E-state index in [0.717, 1.165) is 0 Å². The maximum Gasteiger partial charge on any atom is 0.488 e. The largest absolute Gasteiger partial charge is 0.488 e. The van der Waals surface area contributed by atoms with Crippen LogP contribution in [0.1, 0.15) is 31.1 Å². The molecule has 0 spiro atoms. The van der Waals surface area contributed by atoms with Crippen LogP contribution in [-0.4, -0.2) is 28.7 Å². The molecule has 0 aromatic heterocycles. The molecule has 0 saturated heterocycles. The van der Waals surface area contributed by atoms with E-state index in [0.29, 0.717) is 0 Å². The number of carbonyl (C=O) groups excluding carboxylic acids is 1.